The maximum absolute atomic E-state index is 13.7. The van der Waals surface area contributed by atoms with E-state index in [-0.39, 0.29) is 34.1 Å². The summed E-state index contributed by atoms with van der Waals surface area (Å²) in [7, 11) is -2.89. The van der Waals surface area contributed by atoms with E-state index >= 15 is 0 Å². The largest absolute Gasteiger partial charge is 0.495 e. The minimum Gasteiger partial charge on any atom is -0.495 e. The van der Waals surface area contributed by atoms with E-state index in [2.05, 4.69) is 5.32 Å². The molecule has 0 unspecified atom stereocenters. The molecule has 14 heteroatoms. The highest BCUT2D eigenvalue weighted by atomic mass is 35.5. The Bertz CT molecular complexity index is 1290. The molecule has 0 aliphatic heterocycles. The van der Waals surface area contributed by atoms with Crippen LogP contribution in [0.4, 0.5) is 11.4 Å². The molecule has 0 saturated carbocycles. The smallest absolute Gasteiger partial charge is 0.271 e. The van der Waals surface area contributed by atoms with Crippen molar-refractivity contribution in [3.63, 3.8) is 0 Å². The molecule has 0 saturated heterocycles. The quantitative estimate of drug-likeness (QED) is 0.292. The van der Waals surface area contributed by atoms with Crippen LogP contribution < -0.4 is 14.4 Å². The summed E-state index contributed by atoms with van der Waals surface area (Å²) in [6, 6.07) is 6.95. The van der Waals surface area contributed by atoms with Crippen LogP contribution in [0.1, 0.15) is 32.8 Å². The molecular weight excluding hydrogens is 559 g/mol. The number of benzene rings is 2. The summed E-state index contributed by atoms with van der Waals surface area (Å²) in [5.41, 5.74) is -0.237. The molecule has 11 nitrogen and oxygen atoms in total. The van der Waals surface area contributed by atoms with E-state index in [9.17, 15) is 28.1 Å². The van der Waals surface area contributed by atoms with Crippen molar-refractivity contribution in [2.45, 2.75) is 45.8 Å². The van der Waals surface area contributed by atoms with Gasteiger partial charge in [-0.2, -0.15) is 0 Å². The fourth-order valence-electron chi connectivity index (χ4n) is 3.48. The van der Waals surface area contributed by atoms with Crippen LogP contribution in [0.3, 0.4) is 0 Å². The standard InChI is InChI=1S/C24H30Cl2N4O7S/c1-6-15(2)27-24(32)16(3)28(13-18-19(25)8-7-9-20(18)26)23(31)14-29(38(5,35)36)21-12-17(30(33)34)10-11-22(21)37-4/h7-12,15-16H,6,13-14H2,1-5H3,(H,27,32)/t15-,16+/m1/s1. The van der Waals surface area contributed by atoms with Gasteiger partial charge in [0.15, 0.2) is 0 Å². The number of nitro benzene ring substituents is 1. The van der Waals surface area contributed by atoms with E-state index in [0.29, 0.717) is 16.3 Å². The second-order valence-electron chi connectivity index (χ2n) is 8.60. The third-order valence-electron chi connectivity index (χ3n) is 5.88. The molecule has 0 heterocycles. The highest BCUT2D eigenvalue weighted by Gasteiger charge is 2.33. The molecule has 0 aromatic heterocycles. The summed E-state index contributed by atoms with van der Waals surface area (Å²) in [6.45, 7) is 4.22. The van der Waals surface area contributed by atoms with Gasteiger partial charge in [0.05, 0.1) is 18.3 Å². The number of ether oxygens (including phenoxy) is 1. The number of carbonyl (C=O) groups is 2. The van der Waals surface area contributed by atoms with Gasteiger partial charge in [-0.25, -0.2) is 8.42 Å². The Balaban J connectivity index is 2.57. The van der Waals surface area contributed by atoms with Crippen LogP contribution in [0.25, 0.3) is 0 Å². The number of nitrogens with zero attached hydrogens (tertiary/aromatic N) is 3. The van der Waals surface area contributed by atoms with E-state index in [1.807, 2.05) is 13.8 Å². The Hall–Kier alpha value is -3.09. The van der Waals surface area contributed by atoms with Crippen molar-refractivity contribution in [3.05, 3.63) is 62.1 Å². The summed E-state index contributed by atoms with van der Waals surface area (Å²) < 4.78 is 31.5. The number of amides is 2. The van der Waals surface area contributed by atoms with Gasteiger partial charge < -0.3 is 15.0 Å². The molecule has 2 aromatic rings. The Labute approximate surface area is 231 Å². The van der Waals surface area contributed by atoms with Crippen molar-refractivity contribution in [3.8, 4) is 5.75 Å². The number of nitro groups is 1. The first-order valence-electron chi connectivity index (χ1n) is 11.5. The number of methoxy groups -OCH3 is 1. The zero-order valence-corrected chi connectivity index (χ0v) is 23.9. The Morgan fingerprint density at radius 1 is 1.16 bits per heavy atom. The minimum absolute atomic E-state index is 0.00270. The highest BCUT2D eigenvalue weighted by molar-refractivity contribution is 7.92. The average Bonchev–Trinajstić information content (AvgIpc) is 2.85. The summed E-state index contributed by atoms with van der Waals surface area (Å²) >= 11 is 12.6. The lowest BCUT2D eigenvalue weighted by Gasteiger charge is -2.32. The molecular formula is C24H30Cl2N4O7S. The van der Waals surface area contributed by atoms with Crippen molar-refractivity contribution < 1.29 is 27.7 Å². The summed E-state index contributed by atoms with van der Waals surface area (Å²) in [4.78, 5) is 38.5. The molecule has 1 N–H and O–H groups in total. The maximum Gasteiger partial charge on any atom is 0.271 e. The number of carbonyl (C=O) groups excluding carboxylic acids is 2. The van der Waals surface area contributed by atoms with Gasteiger partial charge in [0.1, 0.15) is 24.0 Å². The van der Waals surface area contributed by atoms with Crippen LogP contribution in [-0.4, -0.2) is 62.0 Å². The molecule has 0 radical (unpaired) electrons. The van der Waals surface area contributed by atoms with Crippen LogP contribution in [0.2, 0.25) is 10.0 Å². The number of halogens is 2. The Kier molecular flexibility index (Phi) is 10.7. The van der Waals surface area contributed by atoms with Crippen LogP contribution in [0.5, 0.6) is 5.75 Å². The third kappa shape index (κ3) is 7.71. The molecule has 0 aliphatic carbocycles. The molecule has 2 aromatic carbocycles. The van der Waals surface area contributed by atoms with E-state index in [1.165, 1.54) is 20.1 Å². The van der Waals surface area contributed by atoms with Gasteiger partial charge in [-0.05, 0) is 38.5 Å². The molecule has 0 spiro atoms. The number of hydrogen-bond donors (Lipinski definition) is 1. The monoisotopic (exact) mass is 588 g/mol. The van der Waals surface area contributed by atoms with Crippen LogP contribution in [-0.2, 0) is 26.2 Å². The van der Waals surface area contributed by atoms with Crippen LogP contribution in [0, 0.1) is 10.1 Å². The Morgan fingerprint density at radius 2 is 1.76 bits per heavy atom. The lowest BCUT2D eigenvalue weighted by Crippen LogP contribution is -2.52. The van der Waals surface area contributed by atoms with Crippen molar-refractivity contribution in [2.24, 2.45) is 0 Å². The van der Waals surface area contributed by atoms with Gasteiger partial charge in [0.2, 0.25) is 21.8 Å². The van der Waals surface area contributed by atoms with E-state index in [1.54, 1.807) is 18.2 Å². The van der Waals surface area contributed by atoms with Gasteiger partial charge in [-0.15, -0.1) is 0 Å². The Morgan fingerprint density at radius 3 is 2.26 bits per heavy atom. The summed E-state index contributed by atoms with van der Waals surface area (Å²) in [5.74, 6) is -1.24. The fourth-order valence-corrected chi connectivity index (χ4v) is 4.85. The molecule has 2 rings (SSSR count). The zero-order valence-electron chi connectivity index (χ0n) is 21.6. The number of nitrogens with one attached hydrogen (secondary N) is 1. The second kappa shape index (κ2) is 13.1. The molecule has 0 fully saturated rings. The first kappa shape index (κ1) is 31.1. The normalized spacial score (nSPS) is 12.8. The number of anilines is 1. The predicted octanol–water partition coefficient (Wildman–Crippen LogP) is 4.01. The van der Waals surface area contributed by atoms with E-state index < -0.39 is 45.0 Å². The summed E-state index contributed by atoms with van der Waals surface area (Å²) in [6.07, 6.45) is 1.50. The second-order valence-corrected chi connectivity index (χ2v) is 11.3. The molecule has 38 heavy (non-hydrogen) atoms. The van der Waals surface area contributed by atoms with E-state index in [0.717, 1.165) is 23.3 Å². The zero-order chi connectivity index (χ0) is 28.8. The lowest BCUT2D eigenvalue weighted by molar-refractivity contribution is -0.384. The van der Waals surface area contributed by atoms with E-state index in [4.69, 9.17) is 27.9 Å². The van der Waals surface area contributed by atoms with Crippen LogP contribution in [0.15, 0.2) is 36.4 Å². The molecule has 2 amide bonds. The van der Waals surface area contributed by atoms with Crippen LogP contribution >= 0.6 is 23.2 Å². The number of hydrogen-bond acceptors (Lipinski definition) is 7. The topological polar surface area (TPSA) is 139 Å². The van der Waals surface area contributed by atoms with Gasteiger partial charge in [0, 0.05) is 40.3 Å². The molecule has 208 valence electrons. The van der Waals surface area contributed by atoms with Gasteiger partial charge in [0.25, 0.3) is 5.69 Å². The molecule has 0 aliphatic rings. The average molecular weight is 589 g/mol. The molecule has 0 bridgehead atoms. The summed E-state index contributed by atoms with van der Waals surface area (Å²) in [5, 5.41) is 14.7. The highest BCUT2D eigenvalue weighted by Crippen LogP contribution is 2.34. The van der Waals surface area contributed by atoms with Crippen molar-refractivity contribution in [1.29, 1.82) is 0 Å². The number of rotatable bonds is 12. The van der Waals surface area contributed by atoms with Crippen molar-refractivity contribution in [1.82, 2.24) is 10.2 Å². The lowest BCUT2D eigenvalue weighted by atomic mass is 10.1. The number of non-ortho nitro benzene ring substituents is 1. The van der Waals surface area contributed by atoms with Gasteiger partial charge in [-0.3, -0.25) is 24.0 Å². The first-order chi connectivity index (χ1) is 17.7. The number of sulfonamides is 1. The van der Waals surface area contributed by atoms with Gasteiger partial charge in [-0.1, -0.05) is 36.2 Å². The fraction of sp³-hybridized carbons (Fsp3) is 0.417. The molecule has 2 atom stereocenters. The maximum atomic E-state index is 13.7. The van der Waals surface area contributed by atoms with Crippen molar-refractivity contribution >= 4 is 56.4 Å². The predicted molar refractivity (Wildman–Crippen MR) is 146 cm³/mol. The van der Waals surface area contributed by atoms with Crippen molar-refractivity contribution in [2.75, 3.05) is 24.2 Å². The minimum atomic E-state index is -4.15. The first-order valence-corrected chi connectivity index (χ1v) is 14.1. The third-order valence-corrected chi connectivity index (χ3v) is 7.71. The SMILES string of the molecule is CC[C@@H](C)NC(=O)[C@H](C)N(Cc1c(Cl)cccc1Cl)C(=O)CN(c1cc([N+](=O)[O-])ccc1OC)S(C)(=O)=O. The van der Waals surface area contributed by atoms with Gasteiger partial charge >= 0.3 is 0 Å².